The lowest BCUT2D eigenvalue weighted by Crippen LogP contribution is -2.48. The smallest absolute Gasteiger partial charge is 0.407 e. The minimum atomic E-state index is -0.873. The van der Waals surface area contributed by atoms with Crippen molar-refractivity contribution in [3.63, 3.8) is 0 Å². The van der Waals surface area contributed by atoms with Crippen molar-refractivity contribution >= 4 is 6.09 Å². The summed E-state index contributed by atoms with van der Waals surface area (Å²) in [6.07, 6.45) is 2.22. The summed E-state index contributed by atoms with van der Waals surface area (Å²) in [5.74, 6) is 0. The highest BCUT2D eigenvalue weighted by Crippen LogP contribution is 2.15. The van der Waals surface area contributed by atoms with Gasteiger partial charge < -0.3 is 20.5 Å². The first-order chi connectivity index (χ1) is 9.68. The van der Waals surface area contributed by atoms with E-state index >= 15 is 0 Å². The Morgan fingerprint density at radius 3 is 2.95 bits per heavy atom. The number of rotatable bonds is 4. The molecule has 0 unspecified atom stereocenters. The van der Waals surface area contributed by atoms with Gasteiger partial charge >= 0.3 is 6.09 Å². The molecule has 0 aromatic heterocycles. The van der Waals surface area contributed by atoms with Gasteiger partial charge in [-0.1, -0.05) is 30.3 Å². The van der Waals surface area contributed by atoms with Crippen LogP contribution >= 0.6 is 0 Å². The van der Waals surface area contributed by atoms with E-state index in [4.69, 9.17) is 4.74 Å². The number of benzene rings is 1. The van der Waals surface area contributed by atoms with E-state index in [0.717, 1.165) is 24.9 Å². The zero-order valence-corrected chi connectivity index (χ0v) is 11.6. The summed E-state index contributed by atoms with van der Waals surface area (Å²) in [6, 6.07) is 9.51. The topological polar surface area (TPSA) is 70.6 Å². The fourth-order valence-electron chi connectivity index (χ4n) is 2.28. The fraction of sp³-hybridized carbons (Fsp3) is 0.533. The van der Waals surface area contributed by atoms with Crippen molar-refractivity contribution < 1.29 is 14.6 Å². The van der Waals surface area contributed by atoms with E-state index in [0.29, 0.717) is 13.0 Å². The van der Waals surface area contributed by atoms with Crippen molar-refractivity contribution in [1.82, 2.24) is 10.6 Å². The lowest BCUT2D eigenvalue weighted by Gasteiger charge is -2.26. The number of β-amino-alcohol motifs (C(OH)–C–C–N with tert-alkyl or cyclic N) is 1. The number of hydrogen-bond donors (Lipinski definition) is 3. The molecule has 0 bridgehead atoms. The second-order valence-corrected chi connectivity index (χ2v) is 5.27. The van der Waals surface area contributed by atoms with Gasteiger partial charge in [-0.25, -0.2) is 4.79 Å². The number of amides is 1. The Balaban J connectivity index is 1.71. The van der Waals surface area contributed by atoms with Crippen LogP contribution in [0.1, 0.15) is 24.8 Å². The number of ether oxygens (including phenoxy) is 1. The third-order valence-electron chi connectivity index (χ3n) is 3.47. The molecule has 1 heterocycles. The summed E-state index contributed by atoms with van der Waals surface area (Å²) < 4.78 is 5.11. The minimum absolute atomic E-state index is 0.216. The Bertz CT molecular complexity index is 414. The van der Waals surface area contributed by atoms with Gasteiger partial charge in [0, 0.05) is 6.54 Å². The number of carbonyl (C=O) groups is 1. The molecular weight excluding hydrogens is 256 g/mol. The number of hydrogen-bond acceptors (Lipinski definition) is 4. The lowest BCUT2D eigenvalue weighted by molar-refractivity contribution is 0.0343. The molecule has 1 aliphatic rings. The average Bonchev–Trinajstić information content (AvgIpc) is 2.69. The number of alkyl carbamates (subject to hydrolysis) is 1. The van der Waals surface area contributed by atoms with E-state index < -0.39 is 11.7 Å². The second-order valence-electron chi connectivity index (χ2n) is 5.27. The molecule has 3 N–H and O–H groups in total. The number of aliphatic hydroxyl groups is 1. The molecule has 1 atom stereocenters. The molecule has 0 radical (unpaired) electrons. The summed E-state index contributed by atoms with van der Waals surface area (Å²) in [4.78, 5) is 11.6. The van der Waals surface area contributed by atoms with Gasteiger partial charge in [-0.2, -0.15) is 0 Å². The van der Waals surface area contributed by atoms with Gasteiger partial charge in [0.05, 0.1) is 12.1 Å². The Morgan fingerprint density at radius 2 is 2.15 bits per heavy atom. The van der Waals surface area contributed by atoms with Gasteiger partial charge in [0.2, 0.25) is 0 Å². The largest absolute Gasteiger partial charge is 0.445 e. The van der Waals surface area contributed by atoms with Gasteiger partial charge in [-0.05, 0) is 31.4 Å². The van der Waals surface area contributed by atoms with Crippen LogP contribution in [-0.2, 0) is 11.3 Å². The summed E-state index contributed by atoms with van der Waals surface area (Å²) in [5, 5.41) is 16.2. The summed E-state index contributed by atoms with van der Waals surface area (Å²) >= 11 is 0. The van der Waals surface area contributed by atoms with Crippen LogP contribution in [0.5, 0.6) is 0 Å². The predicted molar refractivity (Wildman–Crippen MR) is 76.3 cm³/mol. The van der Waals surface area contributed by atoms with Crippen LogP contribution < -0.4 is 10.6 Å². The van der Waals surface area contributed by atoms with Crippen LogP contribution in [0.15, 0.2) is 30.3 Å². The molecule has 1 saturated heterocycles. The van der Waals surface area contributed by atoms with E-state index in [1.165, 1.54) is 0 Å². The van der Waals surface area contributed by atoms with E-state index in [1.54, 1.807) is 0 Å². The first-order valence-electron chi connectivity index (χ1n) is 7.06. The maximum absolute atomic E-state index is 11.6. The van der Waals surface area contributed by atoms with Gasteiger partial charge in [0.25, 0.3) is 0 Å². The van der Waals surface area contributed by atoms with Gasteiger partial charge in [-0.3, -0.25) is 0 Å². The van der Waals surface area contributed by atoms with Crippen molar-refractivity contribution in [3.05, 3.63) is 35.9 Å². The first kappa shape index (κ1) is 14.8. The van der Waals surface area contributed by atoms with Crippen molar-refractivity contribution in [1.29, 1.82) is 0 Å². The fourth-order valence-corrected chi connectivity index (χ4v) is 2.28. The standard InChI is InChI=1S/C15H22N2O3/c18-14(20-10-13-6-2-1-3-7-13)17-12-15(19)8-4-5-9-16-11-15/h1-3,6-7,16,19H,4-5,8-12H2,(H,17,18)/t15-/m0/s1. The molecule has 110 valence electrons. The van der Waals surface area contributed by atoms with Crippen LogP contribution in [0.2, 0.25) is 0 Å². The molecule has 1 aromatic rings. The monoisotopic (exact) mass is 278 g/mol. The van der Waals surface area contributed by atoms with Crippen LogP contribution in [0.25, 0.3) is 0 Å². The van der Waals surface area contributed by atoms with Gasteiger partial charge in [0.1, 0.15) is 6.61 Å². The minimum Gasteiger partial charge on any atom is -0.445 e. The predicted octanol–water partition coefficient (Wildman–Crippen LogP) is 1.42. The SMILES string of the molecule is O=C(NC[C@]1(O)CCCCNC1)OCc1ccccc1. The normalized spacial score (nSPS) is 22.9. The van der Waals surface area contributed by atoms with E-state index in [1.807, 2.05) is 30.3 Å². The van der Waals surface area contributed by atoms with Crippen molar-refractivity contribution in [2.24, 2.45) is 0 Å². The van der Waals surface area contributed by atoms with Crippen molar-refractivity contribution in [3.8, 4) is 0 Å². The van der Waals surface area contributed by atoms with Crippen molar-refractivity contribution in [2.45, 2.75) is 31.5 Å². The van der Waals surface area contributed by atoms with Crippen LogP contribution in [0.3, 0.4) is 0 Å². The molecule has 0 saturated carbocycles. The molecule has 0 aliphatic carbocycles. The molecule has 20 heavy (non-hydrogen) atoms. The molecular formula is C15H22N2O3. The molecule has 1 aliphatic heterocycles. The van der Waals surface area contributed by atoms with Crippen LogP contribution in [0, 0.1) is 0 Å². The second kappa shape index (κ2) is 7.26. The Kier molecular flexibility index (Phi) is 5.38. The van der Waals surface area contributed by atoms with Gasteiger partial charge in [-0.15, -0.1) is 0 Å². The zero-order chi connectivity index (χ0) is 14.3. The number of nitrogens with one attached hydrogen (secondary N) is 2. The third-order valence-corrected chi connectivity index (χ3v) is 3.47. The molecule has 1 aromatic carbocycles. The van der Waals surface area contributed by atoms with Crippen molar-refractivity contribution in [2.75, 3.05) is 19.6 Å². The first-order valence-corrected chi connectivity index (χ1v) is 7.06. The molecule has 0 spiro atoms. The zero-order valence-electron chi connectivity index (χ0n) is 11.6. The molecule has 2 rings (SSSR count). The summed E-state index contributed by atoms with van der Waals surface area (Å²) in [7, 11) is 0. The van der Waals surface area contributed by atoms with Crippen LogP contribution in [0.4, 0.5) is 4.79 Å². The Labute approximate surface area is 119 Å². The highest BCUT2D eigenvalue weighted by Gasteiger charge is 2.28. The van der Waals surface area contributed by atoms with E-state index in [-0.39, 0.29) is 13.2 Å². The Hall–Kier alpha value is -1.59. The van der Waals surface area contributed by atoms with Gasteiger partial charge in [0.15, 0.2) is 0 Å². The molecule has 5 nitrogen and oxygen atoms in total. The molecule has 5 heteroatoms. The average molecular weight is 278 g/mol. The lowest BCUT2D eigenvalue weighted by atomic mass is 9.98. The van der Waals surface area contributed by atoms with E-state index in [9.17, 15) is 9.90 Å². The third kappa shape index (κ3) is 4.83. The Morgan fingerprint density at radius 1 is 1.35 bits per heavy atom. The highest BCUT2D eigenvalue weighted by atomic mass is 16.5. The van der Waals surface area contributed by atoms with E-state index in [2.05, 4.69) is 10.6 Å². The quantitative estimate of drug-likeness (QED) is 0.779. The van der Waals surface area contributed by atoms with Crippen LogP contribution in [-0.4, -0.2) is 36.4 Å². The highest BCUT2D eigenvalue weighted by molar-refractivity contribution is 5.67. The number of carbonyl (C=O) groups excluding carboxylic acids is 1. The maximum Gasteiger partial charge on any atom is 0.407 e. The molecule has 1 amide bonds. The molecule has 1 fully saturated rings. The summed E-state index contributed by atoms with van der Waals surface area (Å²) in [6.45, 7) is 1.88. The summed E-state index contributed by atoms with van der Waals surface area (Å²) in [5.41, 5.74) is 0.0694. The maximum atomic E-state index is 11.6.